The van der Waals surface area contributed by atoms with Gasteiger partial charge in [-0.05, 0) is 43.2 Å². The molecule has 1 aliphatic carbocycles. The van der Waals surface area contributed by atoms with E-state index in [-0.39, 0.29) is 11.8 Å². The van der Waals surface area contributed by atoms with Gasteiger partial charge in [0.05, 0.1) is 5.60 Å². The zero-order valence-corrected chi connectivity index (χ0v) is 11.8. The maximum Gasteiger partial charge on any atom is 0.220 e. The van der Waals surface area contributed by atoms with E-state index in [9.17, 15) is 9.90 Å². The van der Waals surface area contributed by atoms with Gasteiger partial charge in [0.2, 0.25) is 5.91 Å². The molecule has 104 valence electrons. The third-order valence-corrected chi connectivity index (χ3v) is 4.11. The molecule has 0 radical (unpaired) electrons. The largest absolute Gasteiger partial charge is 0.388 e. The summed E-state index contributed by atoms with van der Waals surface area (Å²) in [6.45, 7) is 4.53. The number of benzene rings is 1. The molecule has 1 amide bonds. The van der Waals surface area contributed by atoms with Crippen LogP contribution in [0.3, 0.4) is 0 Å². The van der Waals surface area contributed by atoms with Crippen molar-refractivity contribution >= 4 is 5.91 Å². The van der Waals surface area contributed by atoms with Crippen molar-refractivity contribution in [2.24, 2.45) is 0 Å². The van der Waals surface area contributed by atoms with Gasteiger partial charge in [0.25, 0.3) is 0 Å². The second-order valence-corrected chi connectivity index (χ2v) is 5.82. The average molecular weight is 261 g/mol. The van der Waals surface area contributed by atoms with Gasteiger partial charge in [0.1, 0.15) is 0 Å². The van der Waals surface area contributed by atoms with E-state index in [1.165, 1.54) is 11.1 Å². The van der Waals surface area contributed by atoms with Crippen LogP contribution < -0.4 is 5.32 Å². The summed E-state index contributed by atoms with van der Waals surface area (Å²) in [5.74, 6) is 0.230. The van der Waals surface area contributed by atoms with Gasteiger partial charge in [-0.25, -0.2) is 0 Å². The summed E-state index contributed by atoms with van der Waals surface area (Å²) in [5.41, 5.74) is 1.81. The number of nitrogens with one attached hydrogen (secondary N) is 1. The molecule has 19 heavy (non-hydrogen) atoms. The van der Waals surface area contributed by atoms with Crippen molar-refractivity contribution in [3.8, 4) is 0 Å². The van der Waals surface area contributed by atoms with E-state index in [0.29, 0.717) is 13.0 Å². The van der Waals surface area contributed by atoms with Crippen LogP contribution >= 0.6 is 0 Å². The fraction of sp³-hybridized carbons (Fsp3) is 0.562. The highest BCUT2D eigenvalue weighted by Crippen LogP contribution is 2.30. The fourth-order valence-corrected chi connectivity index (χ4v) is 2.62. The molecule has 3 nitrogen and oxygen atoms in total. The number of carbonyl (C=O) groups is 1. The standard InChI is InChI=1S/C16H23NO2/c1-12-6-3-4-7-14(12)13(2)10-15(18)17-11-16(19)8-5-9-16/h3-4,6-7,13,19H,5,8-11H2,1-2H3,(H,17,18). The molecule has 2 N–H and O–H groups in total. The topological polar surface area (TPSA) is 49.3 Å². The van der Waals surface area contributed by atoms with Crippen molar-refractivity contribution < 1.29 is 9.90 Å². The Morgan fingerprint density at radius 2 is 2.11 bits per heavy atom. The van der Waals surface area contributed by atoms with E-state index in [4.69, 9.17) is 0 Å². The maximum atomic E-state index is 11.9. The number of rotatable bonds is 5. The van der Waals surface area contributed by atoms with Crippen LogP contribution in [0.5, 0.6) is 0 Å². The molecule has 0 heterocycles. The first kappa shape index (κ1) is 14.1. The van der Waals surface area contributed by atoms with Crippen LogP contribution in [-0.2, 0) is 4.79 Å². The second kappa shape index (κ2) is 5.74. The van der Waals surface area contributed by atoms with Crippen LogP contribution in [-0.4, -0.2) is 23.2 Å². The monoisotopic (exact) mass is 261 g/mol. The number of aliphatic hydroxyl groups is 1. The first-order chi connectivity index (χ1) is 9.00. The fourth-order valence-electron chi connectivity index (χ4n) is 2.62. The summed E-state index contributed by atoms with van der Waals surface area (Å²) in [5, 5.41) is 12.8. The summed E-state index contributed by atoms with van der Waals surface area (Å²) in [6, 6.07) is 8.17. The molecule has 1 atom stereocenters. The summed E-state index contributed by atoms with van der Waals surface area (Å²) in [6.07, 6.45) is 3.15. The van der Waals surface area contributed by atoms with Gasteiger partial charge in [0.15, 0.2) is 0 Å². The van der Waals surface area contributed by atoms with Crippen molar-refractivity contribution in [1.82, 2.24) is 5.32 Å². The molecular weight excluding hydrogens is 238 g/mol. The van der Waals surface area contributed by atoms with Gasteiger partial charge in [0, 0.05) is 13.0 Å². The summed E-state index contributed by atoms with van der Waals surface area (Å²) >= 11 is 0. The lowest BCUT2D eigenvalue weighted by Crippen LogP contribution is -2.47. The van der Waals surface area contributed by atoms with Crippen molar-refractivity contribution in [2.75, 3.05) is 6.54 Å². The summed E-state index contributed by atoms with van der Waals surface area (Å²) in [4.78, 5) is 11.9. The molecule has 1 aliphatic rings. The van der Waals surface area contributed by atoms with Crippen molar-refractivity contribution in [3.05, 3.63) is 35.4 Å². The van der Waals surface area contributed by atoms with Crippen LogP contribution in [0.1, 0.15) is 49.7 Å². The zero-order chi connectivity index (χ0) is 13.9. The van der Waals surface area contributed by atoms with Crippen LogP contribution in [0.15, 0.2) is 24.3 Å². The van der Waals surface area contributed by atoms with Crippen molar-refractivity contribution in [2.45, 2.75) is 51.0 Å². The SMILES string of the molecule is Cc1ccccc1C(C)CC(=O)NCC1(O)CCC1. The Morgan fingerprint density at radius 1 is 1.42 bits per heavy atom. The van der Waals surface area contributed by atoms with Gasteiger partial charge in [-0.2, -0.15) is 0 Å². The van der Waals surface area contributed by atoms with Gasteiger partial charge in [-0.3, -0.25) is 4.79 Å². The molecule has 0 aliphatic heterocycles. The minimum atomic E-state index is -0.637. The molecule has 1 fully saturated rings. The minimum absolute atomic E-state index is 0.0241. The highest BCUT2D eigenvalue weighted by atomic mass is 16.3. The van der Waals surface area contributed by atoms with Crippen LogP contribution in [0.2, 0.25) is 0 Å². The van der Waals surface area contributed by atoms with E-state index in [0.717, 1.165) is 19.3 Å². The quantitative estimate of drug-likeness (QED) is 0.855. The van der Waals surface area contributed by atoms with E-state index in [1.807, 2.05) is 12.1 Å². The van der Waals surface area contributed by atoms with E-state index in [1.54, 1.807) is 0 Å². The Morgan fingerprint density at radius 3 is 2.68 bits per heavy atom. The zero-order valence-electron chi connectivity index (χ0n) is 11.8. The summed E-state index contributed by atoms with van der Waals surface area (Å²) < 4.78 is 0. The van der Waals surface area contributed by atoms with E-state index >= 15 is 0 Å². The Balaban J connectivity index is 1.83. The molecule has 0 spiro atoms. The van der Waals surface area contributed by atoms with Crippen molar-refractivity contribution in [1.29, 1.82) is 0 Å². The highest BCUT2D eigenvalue weighted by molar-refractivity contribution is 5.77. The van der Waals surface area contributed by atoms with Crippen LogP contribution in [0.25, 0.3) is 0 Å². The molecule has 1 aromatic rings. The molecule has 0 saturated heterocycles. The smallest absolute Gasteiger partial charge is 0.220 e. The predicted octanol–water partition coefficient (Wildman–Crippen LogP) is 2.52. The van der Waals surface area contributed by atoms with Crippen molar-refractivity contribution in [3.63, 3.8) is 0 Å². The molecule has 1 aromatic carbocycles. The number of hydrogen-bond donors (Lipinski definition) is 2. The Hall–Kier alpha value is -1.35. The normalized spacial score (nSPS) is 18.5. The lowest BCUT2D eigenvalue weighted by molar-refractivity contribution is -0.123. The first-order valence-electron chi connectivity index (χ1n) is 7.05. The molecular formula is C16H23NO2. The van der Waals surface area contributed by atoms with Crippen LogP contribution in [0, 0.1) is 6.92 Å². The minimum Gasteiger partial charge on any atom is -0.388 e. The molecule has 0 bridgehead atoms. The van der Waals surface area contributed by atoms with E-state index < -0.39 is 5.60 Å². The number of hydrogen-bond acceptors (Lipinski definition) is 2. The van der Waals surface area contributed by atoms with Crippen LogP contribution in [0.4, 0.5) is 0 Å². The first-order valence-corrected chi connectivity index (χ1v) is 7.05. The van der Waals surface area contributed by atoms with Gasteiger partial charge in [-0.1, -0.05) is 31.2 Å². The molecule has 1 unspecified atom stereocenters. The van der Waals surface area contributed by atoms with Gasteiger partial charge in [-0.15, -0.1) is 0 Å². The number of carbonyl (C=O) groups excluding carboxylic acids is 1. The third kappa shape index (κ3) is 3.57. The molecule has 0 aromatic heterocycles. The molecule has 1 saturated carbocycles. The molecule has 2 rings (SSSR count). The predicted molar refractivity (Wildman–Crippen MR) is 76.0 cm³/mol. The second-order valence-electron chi connectivity index (χ2n) is 5.82. The lowest BCUT2D eigenvalue weighted by Gasteiger charge is -2.36. The molecule has 3 heteroatoms. The van der Waals surface area contributed by atoms with Gasteiger partial charge < -0.3 is 10.4 Å². The number of aryl methyl sites for hydroxylation is 1. The average Bonchev–Trinajstić information content (AvgIpc) is 2.34. The number of amides is 1. The lowest BCUT2D eigenvalue weighted by atomic mass is 9.80. The maximum absolute atomic E-state index is 11.9. The van der Waals surface area contributed by atoms with Gasteiger partial charge >= 0.3 is 0 Å². The Labute approximate surface area is 115 Å². The Bertz CT molecular complexity index is 452. The Kier molecular flexibility index (Phi) is 4.25. The highest BCUT2D eigenvalue weighted by Gasteiger charge is 2.34. The third-order valence-electron chi connectivity index (χ3n) is 4.11. The summed E-state index contributed by atoms with van der Waals surface area (Å²) in [7, 11) is 0. The van der Waals surface area contributed by atoms with E-state index in [2.05, 4.69) is 31.3 Å².